The minimum atomic E-state index is -0.907. The standard InChI is InChI=1S/C33H38BN3O5/c1-30(2,3)33(15-8-16-37(33)29(38)39)28-35-25-14-13-24-22(26(25)36-28)11-12-23-21-10-9-20(17-19(21)18-40-27(23)24)34-41-31(4,5)32(6,7)42-34/h9-14,17H,8,15-16,18H2,1-7H3,(H,35,36)(H,38,39)/t33-/m1/s1. The maximum absolute atomic E-state index is 12.3. The molecule has 42 heavy (non-hydrogen) atoms. The Morgan fingerprint density at radius 1 is 1.00 bits per heavy atom. The normalized spacial score (nSPS) is 22.8. The predicted octanol–water partition coefficient (Wildman–Crippen LogP) is 6.59. The van der Waals surface area contributed by atoms with Gasteiger partial charge in [-0.1, -0.05) is 45.0 Å². The summed E-state index contributed by atoms with van der Waals surface area (Å²) in [6, 6.07) is 14.7. The number of carboxylic acid groups (broad SMARTS) is 1. The molecular formula is C33H38BN3O5. The van der Waals surface area contributed by atoms with Gasteiger partial charge in [0.2, 0.25) is 0 Å². The molecule has 1 amide bonds. The molecule has 1 aromatic heterocycles. The van der Waals surface area contributed by atoms with Crippen LogP contribution in [-0.2, 0) is 21.5 Å². The van der Waals surface area contributed by atoms with Gasteiger partial charge in [0.05, 0.1) is 22.2 Å². The first-order valence-electron chi connectivity index (χ1n) is 14.8. The monoisotopic (exact) mass is 567 g/mol. The quantitative estimate of drug-likeness (QED) is 0.265. The first kappa shape index (κ1) is 27.3. The van der Waals surface area contributed by atoms with Crippen molar-refractivity contribution in [2.45, 2.75) is 84.7 Å². The average molecular weight is 567 g/mol. The van der Waals surface area contributed by atoms with Gasteiger partial charge in [0, 0.05) is 22.9 Å². The highest BCUT2D eigenvalue weighted by molar-refractivity contribution is 6.62. The number of aromatic amines is 1. The number of imidazole rings is 1. The third-order valence-electron chi connectivity index (χ3n) is 10.2. The molecule has 218 valence electrons. The van der Waals surface area contributed by atoms with E-state index < -0.39 is 30.0 Å². The smallest absolute Gasteiger partial charge is 0.488 e. The van der Waals surface area contributed by atoms with E-state index in [2.05, 4.69) is 89.8 Å². The van der Waals surface area contributed by atoms with E-state index in [0.717, 1.165) is 62.6 Å². The minimum Gasteiger partial charge on any atom is -0.488 e. The minimum absolute atomic E-state index is 0.351. The van der Waals surface area contributed by atoms with Crippen molar-refractivity contribution in [2.24, 2.45) is 5.41 Å². The number of aromatic nitrogens is 2. The van der Waals surface area contributed by atoms with Gasteiger partial charge in [-0.05, 0) is 80.7 Å². The van der Waals surface area contributed by atoms with Crippen LogP contribution in [0.4, 0.5) is 4.79 Å². The van der Waals surface area contributed by atoms with Crippen LogP contribution >= 0.6 is 0 Å². The van der Waals surface area contributed by atoms with E-state index in [1.165, 1.54) is 0 Å². The first-order valence-corrected chi connectivity index (χ1v) is 14.8. The Hall–Kier alpha value is -3.56. The molecule has 2 N–H and O–H groups in total. The van der Waals surface area contributed by atoms with E-state index in [1.54, 1.807) is 4.90 Å². The lowest BCUT2D eigenvalue weighted by atomic mass is 9.71. The van der Waals surface area contributed by atoms with Gasteiger partial charge in [0.15, 0.2) is 0 Å². The van der Waals surface area contributed by atoms with E-state index in [0.29, 0.717) is 19.0 Å². The molecule has 4 aromatic rings. The molecule has 4 heterocycles. The summed E-state index contributed by atoms with van der Waals surface area (Å²) >= 11 is 0. The van der Waals surface area contributed by atoms with Gasteiger partial charge in [-0.3, -0.25) is 4.90 Å². The summed E-state index contributed by atoms with van der Waals surface area (Å²) < 4.78 is 19.0. The number of carbonyl (C=O) groups is 1. The number of rotatable bonds is 2. The second-order valence-corrected chi connectivity index (χ2v) is 14.0. The second-order valence-electron chi connectivity index (χ2n) is 14.0. The summed E-state index contributed by atoms with van der Waals surface area (Å²) in [5.41, 5.74) is 4.10. The van der Waals surface area contributed by atoms with Crippen molar-refractivity contribution in [1.29, 1.82) is 0 Å². The van der Waals surface area contributed by atoms with E-state index in [-0.39, 0.29) is 5.41 Å². The van der Waals surface area contributed by atoms with Crippen LogP contribution in [0.25, 0.3) is 32.9 Å². The molecule has 0 radical (unpaired) electrons. The van der Waals surface area contributed by atoms with Gasteiger partial charge in [-0.15, -0.1) is 0 Å². The topological polar surface area (TPSA) is 96.9 Å². The van der Waals surface area contributed by atoms with Gasteiger partial charge < -0.3 is 24.1 Å². The number of fused-ring (bicyclic) bond motifs is 7. The molecule has 7 rings (SSSR count). The zero-order chi connectivity index (χ0) is 29.8. The Morgan fingerprint density at radius 2 is 1.69 bits per heavy atom. The van der Waals surface area contributed by atoms with Crippen LogP contribution in [0, 0.1) is 5.41 Å². The molecule has 0 unspecified atom stereocenters. The lowest BCUT2D eigenvalue weighted by Crippen LogP contribution is -2.53. The van der Waals surface area contributed by atoms with E-state index in [1.807, 2.05) is 6.07 Å². The number of hydrogen-bond acceptors (Lipinski definition) is 5. The fraction of sp³-hybridized carbons (Fsp3) is 0.455. The lowest BCUT2D eigenvalue weighted by molar-refractivity contribution is 0.00578. The molecule has 1 atom stereocenters. The molecule has 3 aliphatic heterocycles. The number of nitrogens with zero attached hydrogens (tertiary/aromatic N) is 2. The first-order chi connectivity index (χ1) is 19.7. The van der Waals surface area contributed by atoms with Crippen molar-refractivity contribution >= 4 is 40.5 Å². The number of H-pyrrole nitrogens is 1. The van der Waals surface area contributed by atoms with Crippen LogP contribution in [0.15, 0.2) is 42.5 Å². The van der Waals surface area contributed by atoms with Crippen LogP contribution in [0.3, 0.4) is 0 Å². The number of amides is 1. The van der Waals surface area contributed by atoms with Crippen LogP contribution in [0.1, 0.15) is 72.7 Å². The summed E-state index contributed by atoms with van der Waals surface area (Å²) in [6.45, 7) is 15.5. The van der Waals surface area contributed by atoms with Gasteiger partial charge in [-0.25, -0.2) is 9.78 Å². The van der Waals surface area contributed by atoms with Crippen LogP contribution in [0.2, 0.25) is 0 Å². The van der Waals surface area contributed by atoms with Crippen LogP contribution < -0.4 is 10.2 Å². The molecule has 0 spiro atoms. The summed E-state index contributed by atoms with van der Waals surface area (Å²) in [5.74, 6) is 1.55. The molecular weight excluding hydrogens is 529 g/mol. The lowest BCUT2D eigenvalue weighted by Gasteiger charge is -2.45. The van der Waals surface area contributed by atoms with E-state index in [4.69, 9.17) is 19.0 Å². The number of likely N-dealkylation sites (tertiary alicyclic amines) is 1. The fourth-order valence-electron chi connectivity index (χ4n) is 7.14. The SMILES string of the molecule is CC1(C)OB(c2ccc3c(c2)COc2c-3ccc3c2ccc2[nH]c([C@@]4(C(C)(C)C)CCCN4C(=O)O)nc23)OC1(C)C. The maximum atomic E-state index is 12.3. The Morgan fingerprint density at radius 3 is 2.38 bits per heavy atom. The van der Waals surface area contributed by atoms with Crippen LogP contribution in [-0.4, -0.2) is 50.9 Å². The molecule has 2 saturated heterocycles. The molecule has 3 aliphatic rings. The Kier molecular flexibility index (Phi) is 5.68. The van der Waals surface area contributed by atoms with Crippen LogP contribution in [0.5, 0.6) is 5.75 Å². The Labute approximate surface area is 246 Å². The third kappa shape index (κ3) is 3.69. The number of nitrogens with one attached hydrogen (secondary N) is 1. The van der Waals surface area contributed by atoms with Gasteiger partial charge >= 0.3 is 13.2 Å². The zero-order valence-corrected chi connectivity index (χ0v) is 25.4. The molecule has 9 heteroatoms. The number of ether oxygens (including phenoxy) is 1. The highest BCUT2D eigenvalue weighted by atomic mass is 16.7. The molecule has 2 fully saturated rings. The van der Waals surface area contributed by atoms with Crippen molar-refractivity contribution in [3.8, 4) is 16.9 Å². The number of hydrogen-bond donors (Lipinski definition) is 2. The molecule has 0 aliphatic carbocycles. The summed E-state index contributed by atoms with van der Waals surface area (Å²) in [4.78, 5) is 22.6. The largest absolute Gasteiger partial charge is 0.494 e. The highest BCUT2D eigenvalue weighted by Gasteiger charge is 2.55. The van der Waals surface area contributed by atoms with Crippen molar-refractivity contribution < 1.29 is 23.9 Å². The molecule has 3 aromatic carbocycles. The molecule has 8 nitrogen and oxygen atoms in total. The van der Waals surface area contributed by atoms with Gasteiger partial charge in [-0.2, -0.15) is 0 Å². The molecule has 0 saturated carbocycles. The van der Waals surface area contributed by atoms with Crippen molar-refractivity contribution in [1.82, 2.24) is 14.9 Å². The van der Waals surface area contributed by atoms with Crippen molar-refractivity contribution in [2.75, 3.05) is 6.54 Å². The van der Waals surface area contributed by atoms with E-state index >= 15 is 0 Å². The fourth-order valence-corrected chi connectivity index (χ4v) is 7.14. The zero-order valence-electron chi connectivity index (χ0n) is 25.4. The summed E-state index contributed by atoms with van der Waals surface area (Å²) in [5, 5.41) is 12.1. The third-order valence-corrected chi connectivity index (χ3v) is 10.2. The second kappa shape index (κ2) is 8.74. The Bertz CT molecular complexity index is 1760. The van der Waals surface area contributed by atoms with Crippen molar-refractivity contribution in [3.05, 3.63) is 53.9 Å². The maximum Gasteiger partial charge on any atom is 0.494 e. The Balaban J connectivity index is 1.30. The predicted molar refractivity (Wildman–Crippen MR) is 164 cm³/mol. The number of benzene rings is 3. The summed E-state index contributed by atoms with van der Waals surface area (Å²) in [6.07, 6.45) is 0.623. The van der Waals surface area contributed by atoms with E-state index in [9.17, 15) is 9.90 Å². The molecule has 0 bridgehead atoms. The average Bonchev–Trinajstić information content (AvgIpc) is 3.61. The van der Waals surface area contributed by atoms with Gasteiger partial charge in [0.1, 0.15) is 23.7 Å². The van der Waals surface area contributed by atoms with Crippen molar-refractivity contribution in [3.63, 3.8) is 0 Å². The summed E-state index contributed by atoms with van der Waals surface area (Å²) in [7, 11) is -0.422. The van der Waals surface area contributed by atoms with Gasteiger partial charge in [0.25, 0.3) is 0 Å². The highest BCUT2D eigenvalue weighted by Crippen LogP contribution is 2.51.